The Morgan fingerprint density at radius 2 is 2.19 bits per heavy atom. The van der Waals surface area contributed by atoms with E-state index in [1.165, 1.54) is 0 Å². The van der Waals surface area contributed by atoms with E-state index in [0.717, 1.165) is 11.8 Å². The van der Waals surface area contributed by atoms with Gasteiger partial charge in [-0.1, -0.05) is 44.0 Å². The summed E-state index contributed by atoms with van der Waals surface area (Å²) in [6.45, 7) is 4.04. The highest BCUT2D eigenvalue weighted by molar-refractivity contribution is 6.34. The van der Waals surface area contributed by atoms with E-state index in [0.29, 0.717) is 16.4 Å². The van der Waals surface area contributed by atoms with Gasteiger partial charge in [0.05, 0.1) is 5.02 Å². The van der Waals surface area contributed by atoms with Gasteiger partial charge in [0, 0.05) is 5.39 Å². The molecular weight excluding hydrogens is 224 g/mol. The fraction of sp³-hybridized carbons (Fsp3) is 0.385. The summed E-state index contributed by atoms with van der Waals surface area (Å²) in [5.41, 5.74) is 0.654. The zero-order valence-corrected chi connectivity index (χ0v) is 10.2. The first-order valence-corrected chi connectivity index (χ1v) is 5.87. The normalized spacial score (nSPS) is 15.2. The van der Waals surface area contributed by atoms with Gasteiger partial charge in [0.25, 0.3) is 0 Å². The lowest BCUT2D eigenvalue weighted by molar-refractivity contribution is 0.0941. The van der Waals surface area contributed by atoms with Gasteiger partial charge in [-0.25, -0.2) is 0 Å². The van der Waals surface area contributed by atoms with Gasteiger partial charge in [0.2, 0.25) is 0 Å². The Bertz CT molecular complexity index is 490. The highest BCUT2D eigenvalue weighted by atomic mass is 35.5. The Morgan fingerprint density at radius 3 is 2.81 bits per heavy atom. The topological polar surface area (TPSA) is 33.4 Å². The number of fused-ring (bicyclic) bond motifs is 1. The van der Waals surface area contributed by atoms with Gasteiger partial charge < -0.3 is 9.52 Å². The SMILES string of the molecule is CCC(C)C(O)c1cc2cccc(Cl)c2o1. The van der Waals surface area contributed by atoms with Gasteiger partial charge in [0.15, 0.2) is 5.58 Å². The fourth-order valence-electron chi connectivity index (χ4n) is 1.70. The maximum Gasteiger partial charge on any atom is 0.152 e. The summed E-state index contributed by atoms with van der Waals surface area (Å²) in [7, 11) is 0. The van der Waals surface area contributed by atoms with Crippen LogP contribution in [0.1, 0.15) is 32.1 Å². The number of furan rings is 1. The quantitative estimate of drug-likeness (QED) is 0.871. The van der Waals surface area contributed by atoms with E-state index >= 15 is 0 Å². The maximum absolute atomic E-state index is 10.0. The van der Waals surface area contributed by atoms with Crippen LogP contribution >= 0.6 is 11.6 Å². The van der Waals surface area contributed by atoms with Crippen LogP contribution in [0.25, 0.3) is 11.0 Å². The molecule has 0 amide bonds. The van der Waals surface area contributed by atoms with Crippen molar-refractivity contribution in [2.45, 2.75) is 26.4 Å². The van der Waals surface area contributed by atoms with Crippen LogP contribution in [0.5, 0.6) is 0 Å². The summed E-state index contributed by atoms with van der Waals surface area (Å²) >= 11 is 6.01. The van der Waals surface area contributed by atoms with Crippen LogP contribution in [0.2, 0.25) is 5.02 Å². The summed E-state index contributed by atoms with van der Waals surface area (Å²) in [5.74, 6) is 0.775. The zero-order valence-electron chi connectivity index (χ0n) is 9.40. The number of hydrogen-bond acceptors (Lipinski definition) is 2. The second-order valence-corrected chi connectivity index (χ2v) is 4.54. The second-order valence-electron chi connectivity index (χ2n) is 4.14. The molecule has 2 atom stereocenters. The monoisotopic (exact) mass is 238 g/mol. The minimum atomic E-state index is -0.562. The van der Waals surface area contributed by atoms with Crippen LogP contribution in [-0.4, -0.2) is 5.11 Å². The molecule has 0 spiro atoms. The molecule has 2 rings (SSSR count). The third kappa shape index (κ3) is 1.95. The van der Waals surface area contributed by atoms with E-state index in [2.05, 4.69) is 0 Å². The highest BCUT2D eigenvalue weighted by Gasteiger charge is 2.19. The van der Waals surface area contributed by atoms with E-state index in [1.807, 2.05) is 32.0 Å². The molecule has 2 unspecified atom stereocenters. The average molecular weight is 239 g/mol. The Labute approximate surface area is 99.8 Å². The molecule has 1 N–H and O–H groups in total. The smallest absolute Gasteiger partial charge is 0.152 e. The minimum Gasteiger partial charge on any atom is -0.457 e. The van der Waals surface area contributed by atoms with E-state index in [-0.39, 0.29) is 5.92 Å². The lowest BCUT2D eigenvalue weighted by Gasteiger charge is -2.13. The van der Waals surface area contributed by atoms with Crippen LogP contribution in [0.15, 0.2) is 28.7 Å². The largest absolute Gasteiger partial charge is 0.457 e. The Morgan fingerprint density at radius 1 is 1.44 bits per heavy atom. The first-order chi connectivity index (χ1) is 7.63. The molecule has 86 valence electrons. The van der Waals surface area contributed by atoms with Crippen LogP contribution in [-0.2, 0) is 0 Å². The standard InChI is InChI=1S/C13H15ClO2/c1-3-8(2)12(15)11-7-9-5-4-6-10(14)13(9)16-11/h4-8,12,15H,3H2,1-2H3. The van der Waals surface area contributed by atoms with Crippen LogP contribution in [0.4, 0.5) is 0 Å². The van der Waals surface area contributed by atoms with Crippen molar-refractivity contribution >= 4 is 22.6 Å². The Balaban J connectivity index is 2.43. The van der Waals surface area contributed by atoms with Crippen molar-refractivity contribution in [3.05, 3.63) is 35.0 Å². The molecule has 0 saturated carbocycles. The van der Waals surface area contributed by atoms with Gasteiger partial charge in [-0.3, -0.25) is 0 Å². The summed E-state index contributed by atoms with van der Waals surface area (Å²) in [6.07, 6.45) is 0.347. The number of aliphatic hydroxyl groups is 1. The molecule has 0 aliphatic heterocycles. The number of halogens is 1. The van der Waals surface area contributed by atoms with Crippen molar-refractivity contribution in [2.24, 2.45) is 5.92 Å². The molecule has 1 aromatic carbocycles. The molecule has 1 heterocycles. The fourth-order valence-corrected chi connectivity index (χ4v) is 1.92. The van der Waals surface area contributed by atoms with Crippen molar-refractivity contribution < 1.29 is 9.52 Å². The van der Waals surface area contributed by atoms with Gasteiger partial charge >= 0.3 is 0 Å². The second kappa shape index (κ2) is 4.48. The molecule has 0 aliphatic carbocycles. The zero-order chi connectivity index (χ0) is 11.7. The summed E-state index contributed by atoms with van der Waals surface area (Å²) in [4.78, 5) is 0. The lowest BCUT2D eigenvalue weighted by atomic mass is 10.00. The van der Waals surface area contributed by atoms with E-state index in [1.54, 1.807) is 6.07 Å². The molecule has 0 radical (unpaired) electrons. The molecule has 1 aromatic heterocycles. The first kappa shape index (κ1) is 11.5. The van der Waals surface area contributed by atoms with Crippen molar-refractivity contribution in [3.8, 4) is 0 Å². The third-order valence-electron chi connectivity index (χ3n) is 2.99. The number of hydrogen-bond donors (Lipinski definition) is 1. The van der Waals surface area contributed by atoms with Crippen molar-refractivity contribution in [2.75, 3.05) is 0 Å². The van der Waals surface area contributed by atoms with Gasteiger partial charge in [0.1, 0.15) is 11.9 Å². The summed E-state index contributed by atoms with van der Waals surface area (Å²) in [6, 6.07) is 7.45. The van der Waals surface area contributed by atoms with E-state index in [9.17, 15) is 5.11 Å². The number of para-hydroxylation sites is 1. The Kier molecular flexibility index (Phi) is 3.22. The molecule has 0 aliphatic rings. The molecule has 0 fully saturated rings. The van der Waals surface area contributed by atoms with Gasteiger partial charge in [-0.05, 0) is 18.1 Å². The van der Waals surface area contributed by atoms with Crippen LogP contribution in [0.3, 0.4) is 0 Å². The van der Waals surface area contributed by atoms with Gasteiger partial charge in [-0.2, -0.15) is 0 Å². The highest BCUT2D eigenvalue weighted by Crippen LogP contribution is 2.32. The molecule has 0 bridgehead atoms. The molecule has 16 heavy (non-hydrogen) atoms. The van der Waals surface area contributed by atoms with Crippen LogP contribution < -0.4 is 0 Å². The molecule has 0 saturated heterocycles. The average Bonchev–Trinajstić information content (AvgIpc) is 2.72. The molecule has 2 nitrogen and oxygen atoms in total. The lowest BCUT2D eigenvalue weighted by Crippen LogP contribution is -2.06. The van der Waals surface area contributed by atoms with E-state index in [4.69, 9.17) is 16.0 Å². The van der Waals surface area contributed by atoms with E-state index < -0.39 is 6.10 Å². The molecule has 2 aromatic rings. The Hall–Kier alpha value is -0.990. The van der Waals surface area contributed by atoms with Crippen molar-refractivity contribution in [3.63, 3.8) is 0 Å². The number of aliphatic hydroxyl groups excluding tert-OH is 1. The first-order valence-electron chi connectivity index (χ1n) is 5.49. The molecule has 3 heteroatoms. The minimum absolute atomic E-state index is 0.180. The van der Waals surface area contributed by atoms with Crippen LogP contribution in [0, 0.1) is 5.92 Å². The number of rotatable bonds is 3. The maximum atomic E-state index is 10.0. The predicted octanol–water partition coefficient (Wildman–Crippen LogP) is 4.17. The van der Waals surface area contributed by atoms with Gasteiger partial charge in [-0.15, -0.1) is 0 Å². The molecular formula is C13H15ClO2. The number of benzene rings is 1. The third-order valence-corrected chi connectivity index (χ3v) is 3.29. The predicted molar refractivity (Wildman–Crippen MR) is 65.6 cm³/mol. The van der Waals surface area contributed by atoms with Crippen molar-refractivity contribution in [1.29, 1.82) is 0 Å². The summed E-state index contributed by atoms with van der Waals surface area (Å²) in [5, 5.41) is 11.6. The summed E-state index contributed by atoms with van der Waals surface area (Å²) < 4.78 is 5.60. The van der Waals surface area contributed by atoms with Crippen molar-refractivity contribution in [1.82, 2.24) is 0 Å².